The van der Waals surface area contributed by atoms with Crippen LogP contribution in [0.4, 0.5) is 0 Å². The molecule has 2 aromatic carbocycles. The van der Waals surface area contributed by atoms with Gasteiger partial charge in [0.25, 0.3) is 0 Å². The van der Waals surface area contributed by atoms with Crippen LogP contribution in [0.5, 0.6) is 0 Å². The van der Waals surface area contributed by atoms with Gasteiger partial charge in [-0.25, -0.2) is 9.78 Å². The van der Waals surface area contributed by atoms with Crippen LogP contribution in [-0.4, -0.2) is 48.2 Å². The van der Waals surface area contributed by atoms with Crippen molar-refractivity contribution in [3.63, 3.8) is 0 Å². The highest BCUT2D eigenvalue weighted by Crippen LogP contribution is 2.38. The second kappa shape index (κ2) is 9.26. The van der Waals surface area contributed by atoms with Crippen LogP contribution in [0.1, 0.15) is 28.8 Å². The van der Waals surface area contributed by atoms with Gasteiger partial charge in [-0.1, -0.05) is 29.8 Å². The molecule has 192 valence electrons. The maximum Gasteiger partial charge on any atom is 0.335 e. The average Bonchev–Trinajstić information content (AvgIpc) is 3.54. The van der Waals surface area contributed by atoms with E-state index in [-0.39, 0.29) is 5.56 Å². The SMILES string of the molecule is O=C(O)c1cc(Cl)c2c(c1)nc(-c1cc3ccccc3n1CC1CC1)n2CC1CN(Cc2ccncc2)C1. The summed E-state index contributed by atoms with van der Waals surface area (Å²) in [6.45, 7) is 4.61. The first kappa shape index (κ1) is 23.4. The van der Waals surface area contributed by atoms with E-state index in [1.165, 1.54) is 29.3 Å². The lowest BCUT2D eigenvalue weighted by Gasteiger charge is -2.39. The van der Waals surface area contributed by atoms with E-state index in [4.69, 9.17) is 16.6 Å². The van der Waals surface area contributed by atoms with Crippen molar-refractivity contribution < 1.29 is 9.90 Å². The molecule has 2 fully saturated rings. The molecule has 8 heteroatoms. The van der Waals surface area contributed by atoms with E-state index < -0.39 is 5.97 Å². The number of hydrogen-bond acceptors (Lipinski definition) is 4. The molecule has 5 aromatic rings. The summed E-state index contributed by atoms with van der Waals surface area (Å²) < 4.78 is 4.63. The van der Waals surface area contributed by atoms with Crippen molar-refractivity contribution in [2.45, 2.75) is 32.5 Å². The van der Waals surface area contributed by atoms with E-state index in [2.05, 4.69) is 61.5 Å². The Bertz CT molecular complexity index is 1660. The second-order valence-corrected chi connectivity index (χ2v) is 11.1. The smallest absolute Gasteiger partial charge is 0.335 e. The Morgan fingerprint density at radius 3 is 2.50 bits per heavy atom. The van der Waals surface area contributed by atoms with Crippen LogP contribution in [0.3, 0.4) is 0 Å². The van der Waals surface area contributed by atoms with E-state index in [9.17, 15) is 9.90 Å². The zero-order chi connectivity index (χ0) is 25.8. The highest BCUT2D eigenvalue weighted by atomic mass is 35.5. The molecule has 0 spiro atoms. The summed E-state index contributed by atoms with van der Waals surface area (Å²) in [5.74, 6) is 0.995. The number of rotatable bonds is 8. The number of aromatic nitrogens is 4. The van der Waals surface area contributed by atoms with E-state index in [1.807, 2.05) is 12.4 Å². The minimum Gasteiger partial charge on any atom is -0.478 e. The van der Waals surface area contributed by atoms with Gasteiger partial charge in [-0.3, -0.25) is 9.88 Å². The van der Waals surface area contributed by atoms with Crippen molar-refractivity contribution in [1.29, 1.82) is 0 Å². The maximum atomic E-state index is 11.8. The topological polar surface area (TPSA) is 76.2 Å². The Labute approximate surface area is 225 Å². The number of carboxylic acid groups (broad SMARTS) is 1. The number of carbonyl (C=O) groups is 1. The Kier molecular flexibility index (Phi) is 5.71. The van der Waals surface area contributed by atoms with Gasteiger partial charge in [-0.15, -0.1) is 0 Å². The Morgan fingerprint density at radius 2 is 1.74 bits per heavy atom. The van der Waals surface area contributed by atoms with E-state index in [0.717, 1.165) is 49.8 Å². The van der Waals surface area contributed by atoms with Crippen molar-refractivity contribution in [3.05, 3.63) is 83.1 Å². The van der Waals surface area contributed by atoms with Gasteiger partial charge >= 0.3 is 5.97 Å². The molecule has 7 nitrogen and oxygen atoms in total. The molecule has 0 radical (unpaired) electrons. The van der Waals surface area contributed by atoms with Crippen LogP contribution in [0, 0.1) is 11.8 Å². The van der Waals surface area contributed by atoms with Gasteiger partial charge in [0.1, 0.15) is 0 Å². The Morgan fingerprint density at radius 1 is 0.974 bits per heavy atom. The van der Waals surface area contributed by atoms with Crippen molar-refractivity contribution in [3.8, 4) is 11.5 Å². The third-order valence-corrected chi connectivity index (χ3v) is 8.14. The first-order valence-corrected chi connectivity index (χ1v) is 13.5. The monoisotopic (exact) mass is 525 g/mol. The molecule has 0 atom stereocenters. The van der Waals surface area contributed by atoms with Crippen LogP contribution in [-0.2, 0) is 19.6 Å². The number of carboxylic acids is 1. The van der Waals surface area contributed by atoms with Crippen LogP contribution in [0.15, 0.2) is 67.0 Å². The quantitative estimate of drug-likeness (QED) is 0.271. The molecule has 1 saturated carbocycles. The maximum absolute atomic E-state index is 11.8. The number of pyridine rings is 1. The molecular formula is C30H28ClN5O2. The molecule has 1 N–H and O–H groups in total. The number of benzene rings is 2. The lowest BCUT2D eigenvalue weighted by molar-refractivity contribution is 0.0697. The van der Waals surface area contributed by atoms with E-state index in [1.54, 1.807) is 12.1 Å². The summed E-state index contributed by atoms with van der Waals surface area (Å²) in [7, 11) is 0. The summed E-state index contributed by atoms with van der Waals surface area (Å²) in [5, 5.41) is 11.3. The number of halogens is 1. The molecular weight excluding hydrogens is 498 g/mol. The predicted molar refractivity (Wildman–Crippen MR) is 148 cm³/mol. The lowest BCUT2D eigenvalue weighted by Crippen LogP contribution is -2.47. The normalized spacial score (nSPS) is 16.3. The largest absolute Gasteiger partial charge is 0.478 e. The number of likely N-dealkylation sites (tertiary alicyclic amines) is 1. The van der Waals surface area contributed by atoms with Crippen LogP contribution in [0.2, 0.25) is 5.02 Å². The van der Waals surface area contributed by atoms with Gasteiger partial charge < -0.3 is 14.2 Å². The highest BCUT2D eigenvalue weighted by molar-refractivity contribution is 6.35. The number of fused-ring (bicyclic) bond motifs is 2. The number of aromatic carboxylic acids is 1. The van der Waals surface area contributed by atoms with Crippen molar-refractivity contribution >= 4 is 39.5 Å². The van der Waals surface area contributed by atoms with Gasteiger partial charge in [0.05, 0.1) is 27.3 Å². The summed E-state index contributed by atoms with van der Waals surface area (Å²) in [4.78, 5) is 23.4. The number of nitrogens with zero attached hydrogens (tertiary/aromatic N) is 5. The minimum atomic E-state index is -1.00. The zero-order valence-corrected chi connectivity index (χ0v) is 21.7. The lowest BCUT2D eigenvalue weighted by atomic mass is 9.99. The first-order valence-electron chi connectivity index (χ1n) is 13.2. The van der Waals surface area contributed by atoms with Gasteiger partial charge in [0.2, 0.25) is 0 Å². The standard InChI is InChI=1S/C30H28ClN5O2/c31-24-11-23(30(37)38)12-25-28(24)36(18-21-15-34(16-21)14-20-7-9-32-10-8-20)29(33-25)27-13-22-3-1-2-4-26(22)35(27)17-19-5-6-19/h1-4,7-13,19,21H,5-6,14-18H2,(H,37,38). The summed E-state index contributed by atoms with van der Waals surface area (Å²) in [6.07, 6.45) is 6.19. The fourth-order valence-corrected chi connectivity index (χ4v) is 6.11. The summed E-state index contributed by atoms with van der Waals surface area (Å²) in [6, 6.07) is 18.0. The first-order chi connectivity index (χ1) is 18.5. The molecule has 1 saturated heterocycles. The fourth-order valence-electron chi connectivity index (χ4n) is 5.79. The van der Waals surface area contributed by atoms with Crippen LogP contribution in [0.25, 0.3) is 33.5 Å². The van der Waals surface area contributed by atoms with Crippen molar-refractivity contribution in [2.24, 2.45) is 11.8 Å². The molecule has 7 rings (SSSR count). The molecule has 1 aliphatic heterocycles. The minimum absolute atomic E-state index is 0.157. The molecule has 38 heavy (non-hydrogen) atoms. The molecule has 3 aromatic heterocycles. The highest BCUT2D eigenvalue weighted by Gasteiger charge is 2.31. The molecule has 0 bridgehead atoms. The van der Waals surface area contributed by atoms with E-state index >= 15 is 0 Å². The Hall–Kier alpha value is -3.68. The predicted octanol–water partition coefficient (Wildman–Crippen LogP) is 5.95. The van der Waals surface area contributed by atoms with Gasteiger partial charge in [-0.2, -0.15) is 0 Å². The van der Waals surface area contributed by atoms with Gasteiger partial charge in [0.15, 0.2) is 5.82 Å². The van der Waals surface area contributed by atoms with Gasteiger partial charge in [-0.05, 0) is 60.7 Å². The van der Waals surface area contributed by atoms with Crippen LogP contribution < -0.4 is 0 Å². The number of imidazole rings is 1. The third kappa shape index (κ3) is 4.25. The second-order valence-electron chi connectivity index (χ2n) is 10.7. The van der Waals surface area contributed by atoms with Crippen LogP contribution >= 0.6 is 11.6 Å². The summed E-state index contributed by atoms with van der Waals surface area (Å²) >= 11 is 6.76. The van der Waals surface area contributed by atoms with Crippen molar-refractivity contribution in [1.82, 2.24) is 24.0 Å². The molecule has 0 unspecified atom stereocenters. The molecule has 0 amide bonds. The van der Waals surface area contributed by atoms with Crippen molar-refractivity contribution in [2.75, 3.05) is 13.1 Å². The average molecular weight is 526 g/mol. The number of para-hydroxylation sites is 1. The zero-order valence-electron chi connectivity index (χ0n) is 20.9. The van der Waals surface area contributed by atoms with E-state index in [0.29, 0.717) is 22.4 Å². The molecule has 4 heterocycles. The molecule has 2 aliphatic rings. The van der Waals surface area contributed by atoms with Gasteiger partial charge in [0, 0.05) is 61.9 Å². The Balaban J connectivity index is 1.29. The third-order valence-electron chi connectivity index (χ3n) is 7.85. The molecule has 1 aliphatic carbocycles. The fraction of sp³-hybridized carbons (Fsp3) is 0.300. The number of hydrogen-bond donors (Lipinski definition) is 1. The summed E-state index contributed by atoms with van der Waals surface area (Å²) in [5.41, 5.74) is 5.13.